The Labute approximate surface area is 91.0 Å². The third-order valence-corrected chi connectivity index (χ3v) is 2.14. The molecule has 0 heterocycles. The Morgan fingerprint density at radius 2 is 2.00 bits per heavy atom. The Kier molecular flexibility index (Phi) is 6.70. The van der Waals surface area contributed by atoms with Crippen LogP contribution >= 0.6 is 0 Å². The molecule has 0 aliphatic carbocycles. The average Bonchev–Trinajstić information content (AvgIpc) is 2.17. The fraction of sp³-hybridized carbons (Fsp3) is 0.800. The quantitative estimate of drug-likeness (QED) is 0.639. The van der Waals surface area contributed by atoms with Gasteiger partial charge in [0.15, 0.2) is 0 Å². The topological polar surface area (TPSA) is 75.4 Å². The fourth-order valence-electron chi connectivity index (χ4n) is 1.08. The van der Waals surface area contributed by atoms with Gasteiger partial charge in [0, 0.05) is 26.1 Å². The second-order valence-corrected chi connectivity index (χ2v) is 3.58. The Morgan fingerprint density at radius 1 is 1.40 bits per heavy atom. The number of carbonyl (C=O) groups excluding carboxylic acids is 2. The Bertz CT molecular complexity index is 219. The summed E-state index contributed by atoms with van der Waals surface area (Å²) in [4.78, 5) is 24.1. The van der Waals surface area contributed by atoms with Crippen LogP contribution in [0.2, 0.25) is 0 Å². The molecule has 0 spiro atoms. The molecule has 0 aromatic rings. The monoisotopic (exact) mass is 215 g/mol. The van der Waals surface area contributed by atoms with E-state index in [9.17, 15) is 9.59 Å². The molecule has 1 atom stereocenters. The van der Waals surface area contributed by atoms with Crippen molar-refractivity contribution >= 4 is 11.8 Å². The summed E-state index contributed by atoms with van der Waals surface area (Å²) in [6.07, 6.45) is 1.06. The lowest BCUT2D eigenvalue weighted by molar-refractivity contribution is -0.135. The molecule has 0 fully saturated rings. The van der Waals surface area contributed by atoms with Gasteiger partial charge < -0.3 is 16.0 Å². The minimum Gasteiger partial charge on any atom is -0.355 e. The van der Waals surface area contributed by atoms with Crippen LogP contribution in [0.5, 0.6) is 0 Å². The molecule has 0 saturated heterocycles. The summed E-state index contributed by atoms with van der Waals surface area (Å²) in [6.45, 7) is 4.45. The molecule has 15 heavy (non-hydrogen) atoms. The molecule has 5 heteroatoms. The molecule has 2 amide bonds. The second kappa shape index (κ2) is 7.23. The normalized spacial score (nSPS) is 12.0. The van der Waals surface area contributed by atoms with Crippen molar-refractivity contribution in [3.8, 4) is 0 Å². The number of hydrogen-bond acceptors (Lipinski definition) is 3. The number of nitrogens with one attached hydrogen (secondary N) is 1. The molecule has 5 nitrogen and oxygen atoms in total. The van der Waals surface area contributed by atoms with Crippen LogP contribution in [0.3, 0.4) is 0 Å². The number of hydrogen-bond donors (Lipinski definition) is 2. The lowest BCUT2D eigenvalue weighted by atomic mass is 10.1. The van der Waals surface area contributed by atoms with E-state index in [-0.39, 0.29) is 24.4 Å². The Morgan fingerprint density at radius 3 is 2.47 bits per heavy atom. The van der Waals surface area contributed by atoms with Crippen LogP contribution in [0.25, 0.3) is 0 Å². The van der Waals surface area contributed by atoms with Crippen molar-refractivity contribution < 1.29 is 9.59 Å². The van der Waals surface area contributed by atoms with E-state index in [4.69, 9.17) is 5.73 Å². The van der Waals surface area contributed by atoms with Crippen molar-refractivity contribution in [3.63, 3.8) is 0 Å². The molecule has 3 N–H and O–H groups in total. The van der Waals surface area contributed by atoms with Crippen LogP contribution < -0.4 is 11.1 Å². The van der Waals surface area contributed by atoms with Gasteiger partial charge in [-0.1, -0.05) is 6.92 Å². The zero-order valence-corrected chi connectivity index (χ0v) is 9.75. The molecule has 0 rings (SSSR count). The van der Waals surface area contributed by atoms with Gasteiger partial charge in [0.2, 0.25) is 11.8 Å². The Hall–Kier alpha value is -1.10. The number of nitrogens with zero attached hydrogens (tertiary/aromatic N) is 1. The standard InChI is InChI=1S/C10H21N3O2/c1-4-8(11)6-10(15)13(3)7-9(14)12-5-2/h8H,4-7,11H2,1-3H3,(H,12,14). The number of rotatable bonds is 6. The molecule has 0 bridgehead atoms. The first-order valence-electron chi connectivity index (χ1n) is 5.27. The fourth-order valence-corrected chi connectivity index (χ4v) is 1.08. The van der Waals surface area contributed by atoms with Gasteiger partial charge in [-0.15, -0.1) is 0 Å². The minimum atomic E-state index is -0.140. The highest BCUT2D eigenvalue weighted by molar-refractivity contribution is 5.84. The highest BCUT2D eigenvalue weighted by Crippen LogP contribution is 1.97. The lowest BCUT2D eigenvalue weighted by Crippen LogP contribution is -2.40. The predicted octanol–water partition coefficient (Wildman–Crippen LogP) is -0.292. The summed E-state index contributed by atoms with van der Waals surface area (Å²) in [7, 11) is 1.61. The van der Waals surface area contributed by atoms with Crippen LogP contribution in [0.15, 0.2) is 0 Å². The smallest absolute Gasteiger partial charge is 0.239 e. The third kappa shape index (κ3) is 6.06. The summed E-state index contributed by atoms with van der Waals surface area (Å²) >= 11 is 0. The van der Waals surface area contributed by atoms with Gasteiger partial charge in [0.05, 0.1) is 6.54 Å². The van der Waals surface area contributed by atoms with Gasteiger partial charge in [-0.25, -0.2) is 0 Å². The highest BCUT2D eigenvalue weighted by atomic mass is 16.2. The van der Waals surface area contributed by atoms with Crippen molar-refractivity contribution in [3.05, 3.63) is 0 Å². The number of likely N-dealkylation sites (N-methyl/N-ethyl adjacent to an activating group) is 2. The summed E-state index contributed by atoms with van der Waals surface area (Å²) in [6, 6.07) is -0.116. The molecular formula is C10H21N3O2. The first-order chi connectivity index (χ1) is 7.01. The van der Waals surface area contributed by atoms with E-state index in [1.54, 1.807) is 7.05 Å². The molecule has 0 aliphatic heterocycles. The first kappa shape index (κ1) is 13.9. The van der Waals surface area contributed by atoms with Crippen LogP contribution in [-0.4, -0.2) is 42.9 Å². The van der Waals surface area contributed by atoms with Crippen LogP contribution in [0.4, 0.5) is 0 Å². The van der Waals surface area contributed by atoms with E-state index < -0.39 is 0 Å². The third-order valence-electron chi connectivity index (χ3n) is 2.14. The maximum absolute atomic E-state index is 11.5. The van der Waals surface area contributed by atoms with E-state index in [2.05, 4.69) is 5.32 Å². The zero-order chi connectivity index (χ0) is 11.8. The molecule has 0 saturated carbocycles. The summed E-state index contributed by atoms with van der Waals surface area (Å²) < 4.78 is 0. The molecule has 0 aromatic carbocycles. The van der Waals surface area contributed by atoms with Gasteiger partial charge >= 0.3 is 0 Å². The highest BCUT2D eigenvalue weighted by Gasteiger charge is 2.14. The summed E-state index contributed by atoms with van der Waals surface area (Å²) in [5.74, 6) is -0.228. The molecule has 0 aliphatic rings. The Balaban J connectivity index is 3.93. The lowest BCUT2D eigenvalue weighted by Gasteiger charge is -2.18. The molecular weight excluding hydrogens is 194 g/mol. The maximum Gasteiger partial charge on any atom is 0.239 e. The van der Waals surface area contributed by atoms with Gasteiger partial charge in [0.25, 0.3) is 0 Å². The van der Waals surface area contributed by atoms with Crippen molar-refractivity contribution in [1.29, 1.82) is 0 Å². The zero-order valence-electron chi connectivity index (χ0n) is 9.75. The SMILES string of the molecule is CCNC(=O)CN(C)C(=O)CC(N)CC. The average molecular weight is 215 g/mol. The molecule has 88 valence electrons. The second-order valence-electron chi connectivity index (χ2n) is 3.58. The summed E-state index contributed by atoms with van der Waals surface area (Å²) in [5.41, 5.74) is 5.65. The number of carbonyl (C=O) groups is 2. The van der Waals surface area contributed by atoms with Crippen LogP contribution in [-0.2, 0) is 9.59 Å². The van der Waals surface area contributed by atoms with E-state index >= 15 is 0 Å². The predicted molar refractivity (Wildman–Crippen MR) is 59.2 cm³/mol. The van der Waals surface area contributed by atoms with E-state index in [1.165, 1.54) is 4.90 Å². The maximum atomic E-state index is 11.5. The minimum absolute atomic E-state index is 0.0874. The van der Waals surface area contributed by atoms with Crippen LogP contribution in [0.1, 0.15) is 26.7 Å². The van der Waals surface area contributed by atoms with Gasteiger partial charge in [-0.05, 0) is 13.3 Å². The summed E-state index contributed by atoms with van der Waals surface area (Å²) in [5, 5.41) is 2.63. The molecule has 0 aromatic heterocycles. The van der Waals surface area contributed by atoms with Crippen LogP contribution in [0, 0.1) is 0 Å². The van der Waals surface area contributed by atoms with Crippen molar-refractivity contribution in [1.82, 2.24) is 10.2 Å². The number of nitrogens with two attached hydrogens (primary N) is 1. The van der Waals surface area contributed by atoms with E-state index in [1.807, 2.05) is 13.8 Å². The van der Waals surface area contributed by atoms with Gasteiger partial charge in [0.1, 0.15) is 0 Å². The molecule has 1 unspecified atom stereocenters. The van der Waals surface area contributed by atoms with Crippen molar-refractivity contribution in [2.24, 2.45) is 5.73 Å². The van der Waals surface area contributed by atoms with Gasteiger partial charge in [-0.2, -0.15) is 0 Å². The first-order valence-corrected chi connectivity index (χ1v) is 5.27. The van der Waals surface area contributed by atoms with E-state index in [0.29, 0.717) is 13.0 Å². The number of amides is 2. The van der Waals surface area contributed by atoms with Crippen molar-refractivity contribution in [2.45, 2.75) is 32.7 Å². The van der Waals surface area contributed by atoms with Gasteiger partial charge in [-0.3, -0.25) is 9.59 Å². The largest absolute Gasteiger partial charge is 0.355 e. The van der Waals surface area contributed by atoms with Crippen molar-refractivity contribution in [2.75, 3.05) is 20.1 Å². The molecule has 0 radical (unpaired) electrons. The van der Waals surface area contributed by atoms with E-state index in [0.717, 1.165) is 6.42 Å².